The number of carbonyl (C=O) groups is 2. The molecule has 10 nitrogen and oxygen atoms in total. The molecule has 2 N–H and O–H groups in total. The largest absolute Gasteiger partial charge is 0.383 e. The topological polar surface area (TPSA) is 109 Å². The first kappa shape index (κ1) is 21.3. The van der Waals surface area contributed by atoms with Crippen LogP contribution in [0, 0.1) is 5.92 Å². The van der Waals surface area contributed by atoms with E-state index in [1.54, 1.807) is 25.1 Å². The lowest BCUT2D eigenvalue weighted by Gasteiger charge is -2.40. The Morgan fingerprint density at radius 1 is 1.31 bits per heavy atom. The third kappa shape index (κ3) is 5.33. The number of piperazine rings is 1. The smallest absolute Gasteiger partial charge is 0.266 e. The minimum absolute atomic E-state index is 0.0368. The van der Waals surface area contributed by atoms with E-state index in [4.69, 9.17) is 4.74 Å². The van der Waals surface area contributed by atoms with Gasteiger partial charge in [-0.15, -0.1) is 0 Å². The first-order valence-corrected chi connectivity index (χ1v) is 10.1. The number of hydrogen-bond acceptors (Lipinski definition) is 7. The molecule has 0 spiro atoms. The Labute approximate surface area is 170 Å². The molecule has 2 saturated heterocycles. The molecule has 0 saturated carbocycles. The zero-order chi connectivity index (χ0) is 20.8. The van der Waals surface area contributed by atoms with Gasteiger partial charge in [0.15, 0.2) is 0 Å². The lowest BCUT2D eigenvalue weighted by molar-refractivity contribution is -0.143. The van der Waals surface area contributed by atoms with Crippen molar-refractivity contribution < 1.29 is 14.3 Å². The van der Waals surface area contributed by atoms with Gasteiger partial charge in [-0.3, -0.25) is 14.4 Å². The molecule has 2 aliphatic heterocycles. The summed E-state index contributed by atoms with van der Waals surface area (Å²) in [5.41, 5.74) is -0.129. The molecule has 29 heavy (non-hydrogen) atoms. The summed E-state index contributed by atoms with van der Waals surface area (Å²) in [6.45, 7) is 3.80. The third-order valence-electron chi connectivity index (χ3n) is 5.56. The molecule has 3 rings (SSSR count). The molecule has 2 aliphatic rings. The van der Waals surface area contributed by atoms with Crippen LogP contribution >= 0.6 is 0 Å². The summed E-state index contributed by atoms with van der Waals surface area (Å²) < 4.78 is 6.31. The highest BCUT2D eigenvalue weighted by Gasteiger charge is 2.35. The zero-order valence-electron chi connectivity index (χ0n) is 17.1. The van der Waals surface area contributed by atoms with Gasteiger partial charge >= 0.3 is 0 Å². The van der Waals surface area contributed by atoms with E-state index in [2.05, 4.69) is 20.6 Å². The summed E-state index contributed by atoms with van der Waals surface area (Å²) >= 11 is 0. The fourth-order valence-corrected chi connectivity index (χ4v) is 3.84. The predicted molar refractivity (Wildman–Crippen MR) is 108 cm³/mol. The van der Waals surface area contributed by atoms with Gasteiger partial charge < -0.3 is 25.2 Å². The number of anilines is 1. The number of aromatic nitrogens is 2. The zero-order valence-corrected chi connectivity index (χ0v) is 17.1. The van der Waals surface area contributed by atoms with Crippen LogP contribution in [0.5, 0.6) is 0 Å². The molecule has 0 aliphatic carbocycles. The fraction of sp³-hybridized carbons (Fsp3) is 0.684. The van der Waals surface area contributed by atoms with E-state index >= 15 is 0 Å². The van der Waals surface area contributed by atoms with Gasteiger partial charge in [0.1, 0.15) is 11.9 Å². The Hall–Kier alpha value is -2.46. The van der Waals surface area contributed by atoms with Crippen LogP contribution in [0.15, 0.2) is 16.9 Å². The number of nitrogens with zero attached hydrogens (tertiary/aromatic N) is 4. The molecule has 1 aromatic rings. The van der Waals surface area contributed by atoms with Gasteiger partial charge in [-0.1, -0.05) is 0 Å². The number of methoxy groups -OCH3 is 1. The van der Waals surface area contributed by atoms with Crippen molar-refractivity contribution in [3.8, 4) is 0 Å². The maximum absolute atomic E-state index is 12.5. The molecular weight excluding hydrogens is 376 g/mol. The van der Waals surface area contributed by atoms with Crippen molar-refractivity contribution in [2.24, 2.45) is 13.0 Å². The van der Waals surface area contributed by atoms with Crippen LogP contribution < -0.4 is 21.1 Å². The predicted octanol–water partition coefficient (Wildman–Crippen LogP) is -1.44. The van der Waals surface area contributed by atoms with E-state index < -0.39 is 6.04 Å². The molecule has 1 atom stereocenters. The van der Waals surface area contributed by atoms with Crippen LogP contribution in [0.2, 0.25) is 0 Å². The molecule has 10 heteroatoms. The van der Waals surface area contributed by atoms with Crippen molar-refractivity contribution in [1.82, 2.24) is 25.3 Å². The Morgan fingerprint density at radius 3 is 2.76 bits per heavy atom. The van der Waals surface area contributed by atoms with E-state index in [1.807, 2.05) is 0 Å². The van der Waals surface area contributed by atoms with Gasteiger partial charge in [0.05, 0.1) is 13.2 Å². The van der Waals surface area contributed by atoms with Gasteiger partial charge in [0.2, 0.25) is 11.8 Å². The van der Waals surface area contributed by atoms with E-state index in [9.17, 15) is 14.4 Å². The first-order chi connectivity index (χ1) is 14.0. The highest BCUT2D eigenvalue weighted by molar-refractivity contribution is 5.89. The number of ether oxygens (including phenoxy) is 1. The summed E-state index contributed by atoms with van der Waals surface area (Å²) in [6.07, 6.45) is 1.81. The lowest BCUT2D eigenvalue weighted by atomic mass is 9.95. The monoisotopic (exact) mass is 406 g/mol. The van der Waals surface area contributed by atoms with Crippen LogP contribution in [0.25, 0.3) is 0 Å². The fourth-order valence-electron chi connectivity index (χ4n) is 3.84. The Kier molecular flexibility index (Phi) is 7.21. The number of hydrogen-bond donors (Lipinski definition) is 2. The van der Waals surface area contributed by atoms with Crippen molar-refractivity contribution >= 4 is 17.6 Å². The average Bonchev–Trinajstić information content (AvgIpc) is 2.72. The van der Waals surface area contributed by atoms with Crippen molar-refractivity contribution in [3.05, 3.63) is 22.5 Å². The number of piperidine rings is 1. The summed E-state index contributed by atoms with van der Waals surface area (Å²) in [6, 6.07) is 2.79. The molecule has 2 fully saturated rings. The van der Waals surface area contributed by atoms with Crippen molar-refractivity contribution in [2.45, 2.75) is 18.9 Å². The van der Waals surface area contributed by atoms with E-state index in [0.717, 1.165) is 31.7 Å². The van der Waals surface area contributed by atoms with Gasteiger partial charge in [-0.2, -0.15) is 5.10 Å². The molecule has 1 aromatic heterocycles. The molecule has 0 radical (unpaired) electrons. The second kappa shape index (κ2) is 9.84. The van der Waals surface area contributed by atoms with Gasteiger partial charge in [0, 0.05) is 52.9 Å². The third-order valence-corrected chi connectivity index (χ3v) is 5.56. The molecule has 0 bridgehead atoms. The standard InChI is InChI=1S/C19H30N6O4/c1-23-17(26)4-3-16(22-23)24-8-5-14(6-9-24)13-25-15(11-20-12-18(25)27)19(28)21-7-10-29-2/h3-4,14-15,20H,5-13H2,1-2H3,(H,21,28). The van der Waals surface area contributed by atoms with Crippen LogP contribution in [0.4, 0.5) is 5.82 Å². The van der Waals surface area contributed by atoms with Crippen LogP contribution in [0.3, 0.4) is 0 Å². The normalized spacial score (nSPS) is 20.8. The average molecular weight is 406 g/mol. The summed E-state index contributed by atoms with van der Waals surface area (Å²) in [5.74, 6) is 0.939. The first-order valence-electron chi connectivity index (χ1n) is 10.1. The van der Waals surface area contributed by atoms with E-state index in [1.165, 1.54) is 10.7 Å². The molecule has 2 amide bonds. The number of rotatable bonds is 7. The summed E-state index contributed by atoms with van der Waals surface area (Å²) in [5, 5.41) is 10.2. The summed E-state index contributed by atoms with van der Waals surface area (Å²) in [7, 11) is 3.23. The SMILES string of the molecule is COCCNC(=O)C1CNCC(=O)N1CC1CCN(c2ccc(=O)n(C)n2)CC1. The highest BCUT2D eigenvalue weighted by Crippen LogP contribution is 2.23. The number of nitrogens with one attached hydrogen (secondary N) is 2. The molecule has 0 aromatic carbocycles. The van der Waals surface area contributed by atoms with Gasteiger partial charge in [-0.25, -0.2) is 4.68 Å². The summed E-state index contributed by atoms with van der Waals surface area (Å²) in [4.78, 5) is 40.4. The second-order valence-electron chi connectivity index (χ2n) is 7.56. The number of carbonyl (C=O) groups excluding carboxylic acids is 2. The highest BCUT2D eigenvalue weighted by atomic mass is 16.5. The lowest BCUT2D eigenvalue weighted by Crippen LogP contribution is -2.61. The van der Waals surface area contributed by atoms with E-state index in [0.29, 0.717) is 32.2 Å². The van der Waals surface area contributed by atoms with Crippen molar-refractivity contribution in [1.29, 1.82) is 0 Å². The molecular formula is C19H30N6O4. The molecule has 3 heterocycles. The Bertz CT molecular complexity index is 774. The van der Waals surface area contributed by atoms with Gasteiger partial charge in [-0.05, 0) is 24.8 Å². The molecule has 160 valence electrons. The number of aryl methyl sites for hydroxylation is 1. The molecule has 1 unspecified atom stereocenters. The maximum atomic E-state index is 12.5. The maximum Gasteiger partial charge on any atom is 0.266 e. The number of amides is 2. The van der Waals surface area contributed by atoms with Gasteiger partial charge in [0.25, 0.3) is 5.56 Å². The van der Waals surface area contributed by atoms with Crippen LogP contribution in [0.1, 0.15) is 12.8 Å². The van der Waals surface area contributed by atoms with Crippen LogP contribution in [-0.2, 0) is 21.4 Å². The quantitative estimate of drug-likeness (QED) is 0.534. The Morgan fingerprint density at radius 2 is 2.07 bits per heavy atom. The minimum Gasteiger partial charge on any atom is -0.383 e. The Balaban J connectivity index is 1.56. The van der Waals surface area contributed by atoms with Crippen LogP contribution in [-0.4, -0.2) is 85.5 Å². The second-order valence-corrected chi connectivity index (χ2v) is 7.56. The van der Waals surface area contributed by atoms with Crippen molar-refractivity contribution in [3.63, 3.8) is 0 Å². The minimum atomic E-state index is -0.489. The van der Waals surface area contributed by atoms with Crippen molar-refractivity contribution in [2.75, 3.05) is 57.9 Å². The van der Waals surface area contributed by atoms with E-state index in [-0.39, 0.29) is 23.9 Å².